The molecule has 1 aromatic carbocycles. The van der Waals surface area contributed by atoms with E-state index in [1.807, 2.05) is 0 Å². The number of halogens is 2. The Morgan fingerprint density at radius 3 is 2.50 bits per heavy atom. The van der Waals surface area contributed by atoms with E-state index in [0.29, 0.717) is 15.6 Å². The second-order valence-corrected chi connectivity index (χ2v) is 4.34. The standard InChI is InChI=1S/C10H8Cl2N4O2/c11-7-2-1-3-8(12)6(7)5-15-10(13)9(4-14-15)16(17)18/h1-4H,5,13H2. The number of anilines is 1. The Labute approximate surface area is 112 Å². The van der Waals surface area contributed by atoms with Gasteiger partial charge in [0.15, 0.2) is 0 Å². The smallest absolute Gasteiger partial charge is 0.330 e. The molecule has 8 heteroatoms. The number of hydrogen-bond acceptors (Lipinski definition) is 4. The topological polar surface area (TPSA) is 87.0 Å². The van der Waals surface area contributed by atoms with Gasteiger partial charge < -0.3 is 5.73 Å². The molecule has 18 heavy (non-hydrogen) atoms. The molecule has 0 aliphatic heterocycles. The Morgan fingerprint density at radius 2 is 2.00 bits per heavy atom. The Morgan fingerprint density at radius 1 is 1.39 bits per heavy atom. The van der Waals surface area contributed by atoms with Crippen LogP contribution >= 0.6 is 23.2 Å². The van der Waals surface area contributed by atoms with Crippen molar-refractivity contribution in [3.8, 4) is 0 Å². The van der Waals surface area contributed by atoms with Crippen LogP contribution in [0.2, 0.25) is 10.0 Å². The maximum Gasteiger partial charge on any atom is 0.330 e. The molecule has 0 fully saturated rings. The fourth-order valence-corrected chi connectivity index (χ4v) is 2.00. The normalized spacial score (nSPS) is 10.6. The molecule has 0 saturated carbocycles. The van der Waals surface area contributed by atoms with Crippen LogP contribution in [0.25, 0.3) is 0 Å². The lowest BCUT2D eigenvalue weighted by Gasteiger charge is -2.07. The van der Waals surface area contributed by atoms with E-state index in [-0.39, 0.29) is 18.1 Å². The molecule has 94 valence electrons. The largest absolute Gasteiger partial charge is 0.378 e. The molecule has 2 rings (SSSR count). The van der Waals surface area contributed by atoms with Crippen molar-refractivity contribution in [1.29, 1.82) is 0 Å². The average Bonchev–Trinajstić information content (AvgIpc) is 2.66. The Balaban J connectivity index is 2.38. The minimum Gasteiger partial charge on any atom is -0.378 e. The summed E-state index contributed by atoms with van der Waals surface area (Å²) in [7, 11) is 0. The van der Waals surface area contributed by atoms with Gasteiger partial charge in [0.25, 0.3) is 0 Å². The van der Waals surface area contributed by atoms with Gasteiger partial charge in [-0.3, -0.25) is 10.1 Å². The summed E-state index contributed by atoms with van der Waals surface area (Å²) < 4.78 is 1.28. The highest BCUT2D eigenvalue weighted by atomic mass is 35.5. The highest BCUT2D eigenvalue weighted by Gasteiger charge is 2.18. The Bertz CT molecular complexity index is 592. The summed E-state index contributed by atoms with van der Waals surface area (Å²) in [5, 5.41) is 15.4. The molecule has 2 N–H and O–H groups in total. The maximum absolute atomic E-state index is 10.6. The van der Waals surface area contributed by atoms with Gasteiger partial charge in [-0.15, -0.1) is 0 Å². The first-order chi connectivity index (χ1) is 8.50. The van der Waals surface area contributed by atoms with Gasteiger partial charge in [-0.25, -0.2) is 4.68 Å². The molecule has 1 aromatic heterocycles. The van der Waals surface area contributed by atoms with Crippen molar-refractivity contribution in [3.05, 3.63) is 50.1 Å². The van der Waals surface area contributed by atoms with Crippen molar-refractivity contribution in [2.45, 2.75) is 6.54 Å². The van der Waals surface area contributed by atoms with Gasteiger partial charge in [-0.1, -0.05) is 29.3 Å². The van der Waals surface area contributed by atoms with E-state index >= 15 is 0 Å². The molecule has 0 spiro atoms. The Kier molecular flexibility index (Phi) is 3.40. The number of nitrogen functional groups attached to an aromatic ring is 1. The van der Waals surface area contributed by atoms with Crippen LogP contribution in [0.15, 0.2) is 24.4 Å². The molecule has 0 radical (unpaired) electrons. The fraction of sp³-hybridized carbons (Fsp3) is 0.100. The third-order valence-electron chi connectivity index (χ3n) is 2.43. The summed E-state index contributed by atoms with van der Waals surface area (Å²) in [5.41, 5.74) is 6.00. The second-order valence-electron chi connectivity index (χ2n) is 3.53. The Hall–Kier alpha value is -1.79. The second kappa shape index (κ2) is 4.83. The molecular weight excluding hydrogens is 279 g/mol. The maximum atomic E-state index is 10.6. The van der Waals surface area contributed by atoms with Crippen LogP contribution in [0.4, 0.5) is 11.5 Å². The number of rotatable bonds is 3. The number of benzene rings is 1. The predicted molar refractivity (Wildman–Crippen MR) is 68.9 cm³/mol. The van der Waals surface area contributed by atoms with Crippen molar-refractivity contribution in [3.63, 3.8) is 0 Å². The fourth-order valence-electron chi connectivity index (χ4n) is 1.48. The minimum absolute atomic E-state index is 0.0315. The zero-order valence-electron chi connectivity index (χ0n) is 9.01. The third kappa shape index (κ3) is 2.25. The summed E-state index contributed by atoms with van der Waals surface area (Å²) in [6.45, 7) is 0.179. The average molecular weight is 287 g/mol. The molecule has 0 unspecified atom stereocenters. The van der Waals surface area contributed by atoms with Gasteiger partial charge in [-0.05, 0) is 12.1 Å². The summed E-state index contributed by atoms with van der Waals surface area (Å²) in [5.74, 6) is -0.0315. The summed E-state index contributed by atoms with van der Waals surface area (Å²) in [4.78, 5) is 10.1. The highest BCUT2D eigenvalue weighted by Crippen LogP contribution is 2.27. The lowest BCUT2D eigenvalue weighted by Crippen LogP contribution is -2.07. The first-order valence-corrected chi connectivity index (χ1v) is 5.65. The van der Waals surface area contributed by atoms with E-state index in [1.54, 1.807) is 18.2 Å². The lowest BCUT2D eigenvalue weighted by atomic mass is 10.2. The molecule has 0 aliphatic carbocycles. The van der Waals surface area contributed by atoms with Gasteiger partial charge in [0.1, 0.15) is 6.20 Å². The molecular formula is C10H8Cl2N4O2. The first kappa shape index (κ1) is 12.7. The quantitative estimate of drug-likeness (QED) is 0.694. The summed E-state index contributed by atoms with van der Waals surface area (Å²) >= 11 is 12.0. The van der Waals surface area contributed by atoms with Crippen molar-refractivity contribution < 1.29 is 4.92 Å². The third-order valence-corrected chi connectivity index (χ3v) is 3.13. The molecule has 0 saturated heterocycles. The van der Waals surface area contributed by atoms with Crippen molar-refractivity contribution in [2.24, 2.45) is 0 Å². The van der Waals surface area contributed by atoms with E-state index in [2.05, 4.69) is 5.10 Å². The van der Waals surface area contributed by atoms with E-state index in [1.165, 1.54) is 4.68 Å². The van der Waals surface area contributed by atoms with Crippen LogP contribution in [0.5, 0.6) is 0 Å². The minimum atomic E-state index is -0.590. The van der Waals surface area contributed by atoms with Gasteiger partial charge in [0.05, 0.1) is 11.5 Å². The molecule has 2 aromatic rings. The first-order valence-electron chi connectivity index (χ1n) is 4.89. The monoisotopic (exact) mass is 286 g/mol. The van der Waals surface area contributed by atoms with E-state index < -0.39 is 4.92 Å². The predicted octanol–water partition coefficient (Wildman–Crippen LogP) is 2.73. The number of nitrogens with two attached hydrogens (primary N) is 1. The molecule has 0 amide bonds. The van der Waals surface area contributed by atoms with Crippen LogP contribution in [-0.4, -0.2) is 14.7 Å². The molecule has 0 bridgehead atoms. The molecule has 1 heterocycles. The van der Waals surface area contributed by atoms with Gasteiger partial charge in [0, 0.05) is 15.6 Å². The van der Waals surface area contributed by atoms with E-state index in [9.17, 15) is 10.1 Å². The number of hydrogen-bond donors (Lipinski definition) is 1. The summed E-state index contributed by atoms with van der Waals surface area (Å²) in [6, 6.07) is 5.07. The number of nitrogens with zero attached hydrogens (tertiary/aromatic N) is 3. The summed E-state index contributed by atoms with van der Waals surface area (Å²) in [6.07, 6.45) is 1.10. The van der Waals surface area contributed by atoms with Crippen LogP contribution in [0.3, 0.4) is 0 Å². The highest BCUT2D eigenvalue weighted by molar-refractivity contribution is 6.35. The molecule has 0 aliphatic rings. The lowest BCUT2D eigenvalue weighted by molar-refractivity contribution is -0.384. The van der Waals surface area contributed by atoms with Gasteiger partial charge in [-0.2, -0.15) is 5.10 Å². The molecule has 0 atom stereocenters. The molecule has 6 nitrogen and oxygen atoms in total. The van der Waals surface area contributed by atoms with Gasteiger partial charge >= 0.3 is 5.69 Å². The van der Waals surface area contributed by atoms with Crippen molar-refractivity contribution >= 4 is 34.7 Å². The van der Waals surface area contributed by atoms with Crippen LogP contribution in [0.1, 0.15) is 5.56 Å². The van der Waals surface area contributed by atoms with Crippen molar-refractivity contribution in [2.75, 3.05) is 5.73 Å². The number of aromatic nitrogens is 2. The van der Waals surface area contributed by atoms with Crippen LogP contribution < -0.4 is 5.73 Å². The zero-order chi connectivity index (χ0) is 13.3. The van der Waals surface area contributed by atoms with Crippen molar-refractivity contribution in [1.82, 2.24) is 9.78 Å². The van der Waals surface area contributed by atoms with Gasteiger partial charge in [0.2, 0.25) is 5.82 Å². The zero-order valence-corrected chi connectivity index (χ0v) is 10.5. The van der Waals surface area contributed by atoms with E-state index in [4.69, 9.17) is 28.9 Å². The van der Waals surface area contributed by atoms with Crippen LogP contribution in [0, 0.1) is 10.1 Å². The number of nitro groups is 1. The van der Waals surface area contributed by atoms with Crippen LogP contribution in [-0.2, 0) is 6.54 Å². The van der Waals surface area contributed by atoms with E-state index in [0.717, 1.165) is 6.20 Å². The SMILES string of the molecule is Nc1c([N+](=O)[O-])cnn1Cc1c(Cl)cccc1Cl.